The number of fused-ring (bicyclic) bond motifs is 1. The van der Waals surface area contributed by atoms with Gasteiger partial charge in [-0.2, -0.15) is 0 Å². The molecule has 0 bridgehead atoms. The molecule has 26 heavy (non-hydrogen) atoms. The lowest BCUT2D eigenvalue weighted by Gasteiger charge is -2.25. The number of nitrogens with one attached hydrogen (secondary N) is 1. The van der Waals surface area contributed by atoms with Crippen molar-refractivity contribution in [3.63, 3.8) is 0 Å². The second-order valence-corrected chi connectivity index (χ2v) is 5.53. The van der Waals surface area contributed by atoms with Crippen LogP contribution in [0, 0.1) is 11.6 Å². The third kappa shape index (κ3) is 3.74. The van der Waals surface area contributed by atoms with Crippen LogP contribution < -0.4 is 14.8 Å². The van der Waals surface area contributed by atoms with Crippen molar-refractivity contribution >= 4 is 17.6 Å². The van der Waals surface area contributed by atoms with Crippen LogP contribution in [0.5, 0.6) is 11.5 Å². The Balaban J connectivity index is 1.60. The molecule has 8 heteroatoms. The van der Waals surface area contributed by atoms with E-state index in [0.29, 0.717) is 11.5 Å². The molecule has 0 aliphatic carbocycles. The average molecular weight is 363 g/mol. The van der Waals surface area contributed by atoms with E-state index in [-0.39, 0.29) is 6.61 Å². The molecule has 136 valence electrons. The standard InChI is InChI=1S/C18H15F2NO5/c1-10(17(22)21-16-11(19)5-4-6-12(16)20)25-18(23)15-9-24-13-7-2-3-8-14(13)26-15/h2-8,10,15H,9H2,1H3,(H,21,22)/t10-,15+/m1/s1. The third-order valence-corrected chi connectivity index (χ3v) is 3.64. The summed E-state index contributed by atoms with van der Waals surface area (Å²) in [5.41, 5.74) is -0.605. The lowest BCUT2D eigenvalue weighted by Crippen LogP contribution is -2.41. The first-order valence-electron chi connectivity index (χ1n) is 7.79. The third-order valence-electron chi connectivity index (χ3n) is 3.64. The zero-order valence-corrected chi connectivity index (χ0v) is 13.7. The van der Waals surface area contributed by atoms with Crippen LogP contribution in [-0.4, -0.2) is 30.7 Å². The number of para-hydroxylation sites is 3. The van der Waals surface area contributed by atoms with Gasteiger partial charge in [-0.05, 0) is 31.2 Å². The topological polar surface area (TPSA) is 73.9 Å². The molecule has 1 heterocycles. The van der Waals surface area contributed by atoms with Crippen molar-refractivity contribution in [2.75, 3.05) is 11.9 Å². The number of hydrogen-bond donors (Lipinski definition) is 1. The molecule has 0 saturated carbocycles. The zero-order chi connectivity index (χ0) is 18.7. The Morgan fingerprint density at radius 1 is 1.12 bits per heavy atom. The van der Waals surface area contributed by atoms with Crippen LogP contribution in [0.25, 0.3) is 0 Å². The zero-order valence-electron chi connectivity index (χ0n) is 13.7. The Labute approximate surface area is 147 Å². The van der Waals surface area contributed by atoms with E-state index in [4.69, 9.17) is 14.2 Å². The maximum absolute atomic E-state index is 13.6. The van der Waals surface area contributed by atoms with Gasteiger partial charge in [0, 0.05) is 0 Å². The van der Waals surface area contributed by atoms with Crippen molar-refractivity contribution < 1.29 is 32.6 Å². The molecule has 1 N–H and O–H groups in total. The number of anilines is 1. The molecule has 1 aliphatic heterocycles. The van der Waals surface area contributed by atoms with Gasteiger partial charge in [0.1, 0.15) is 23.9 Å². The molecule has 2 aromatic carbocycles. The lowest BCUT2D eigenvalue weighted by molar-refractivity contribution is -0.162. The number of amides is 1. The molecule has 2 aromatic rings. The van der Waals surface area contributed by atoms with Gasteiger partial charge in [-0.1, -0.05) is 18.2 Å². The molecule has 2 atom stereocenters. The second kappa shape index (κ2) is 7.38. The van der Waals surface area contributed by atoms with Crippen molar-refractivity contribution in [1.82, 2.24) is 0 Å². The fraction of sp³-hybridized carbons (Fsp3) is 0.222. The molecule has 0 unspecified atom stereocenters. The van der Waals surface area contributed by atoms with Gasteiger partial charge in [0.05, 0.1) is 0 Å². The van der Waals surface area contributed by atoms with Gasteiger partial charge in [-0.15, -0.1) is 0 Å². The fourth-order valence-corrected chi connectivity index (χ4v) is 2.28. The highest BCUT2D eigenvalue weighted by molar-refractivity contribution is 5.95. The van der Waals surface area contributed by atoms with E-state index in [1.807, 2.05) is 0 Å². The number of carbonyl (C=O) groups excluding carboxylic acids is 2. The lowest BCUT2D eigenvalue weighted by atomic mass is 10.2. The van der Waals surface area contributed by atoms with E-state index in [2.05, 4.69) is 5.32 Å². The summed E-state index contributed by atoms with van der Waals surface area (Å²) in [4.78, 5) is 24.2. The summed E-state index contributed by atoms with van der Waals surface area (Å²) in [6.45, 7) is 1.20. The van der Waals surface area contributed by atoms with E-state index in [0.717, 1.165) is 12.1 Å². The SMILES string of the molecule is C[C@@H](OC(=O)[C@@H]1COc2ccccc2O1)C(=O)Nc1c(F)cccc1F. The van der Waals surface area contributed by atoms with Crippen molar-refractivity contribution in [1.29, 1.82) is 0 Å². The molecule has 1 amide bonds. The van der Waals surface area contributed by atoms with E-state index in [1.165, 1.54) is 13.0 Å². The van der Waals surface area contributed by atoms with Gasteiger partial charge < -0.3 is 19.5 Å². The number of benzene rings is 2. The minimum Gasteiger partial charge on any atom is -0.485 e. The Kier molecular flexibility index (Phi) is 5.01. The van der Waals surface area contributed by atoms with Gasteiger partial charge >= 0.3 is 5.97 Å². The summed E-state index contributed by atoms with van der Waals surface area (Å²) in [6.07, 6.45) is -2.34. The first-order chi connectivity index (χ1) is 12.5. The number of esters is 1. The van der Waals surface area contributed by atoms with E-state index in [9.17, 15) is 18.4 Å². The molecule has 0 radical (unpaired) electrons. The van der Waals surface area contributed by atoms with Crippen LogP contribution in [0.3, 0.4) is 0 Å². The van der Waals surface area contributed by atoms with Crippen molar-refractivity contribution in [2.24, 2.45) is 0 Å². The van der Waals surface area contributed by atoms with E-state index >= 15 is 0 Å². The van der Waals surface area contributed by atoms with Crippen LogP contribution in [0.15, 0.2) is 42.5 Å². The summed E-state index contributed by atoms with van der Waals surface area (Å²) in [7, 11) is 0. The highest BCUT2D eigenvalue weighted by Crippen LogP contribution is 2.31. The molecule has 0 fully saturated rings. The van der Waals surface area contributed by atoms with Crippen LogP contribution in [0.4, 0.5) is 14.5 Å². The second-order valence-electron chi connectivity index (χ2n) is 5.53. The van der Waals surface area contributed by atoms with Crippen LogP contribution in [0.2, 0.25) is 0 Å². The van der Waals surface area contributed by atoms with Gasteiger partial charge in [0.2, 0.25) is 6.10 Å². The maximum Gasteiger partial charge on any atom is 0.351 e. The first-order valence-corrected chi connectivity index (χ1v) is 7.79. The average Bonchev–Trinajstić information content (AvgIpc) is 2.64. The van der Waals surface area contributed by atoms with Crippen LogP contribution >= 0.6 is 0 Å². The predicted octanol–water partition coefficient (Wildman–Crippen LogP) is 2.67. The predicted molar refractivity (Wildman–Crippen MR) is 86.9 cm³/mol. The number of rotatable bonds is 4. The van der Waals surface area contributed by atoms with Gasteiger partial charge in [0.25, 0.3) is 5.91 Å². The number of halogens is 2. The fourth-order valence-electron chi connectivity index (χ4n) is 2.28. The summed E-state index contributed by atoms with van der Waals surface area (Å²) in [6, 6.07) is 9.97. The van der Waals surface area contributed by atoms with Crippen molar-refractivity contribution in [3.8, 4) is 11.5 Å². The minimum absolute atomic E-state index is 0.0773. The summed E-state index contributed by atoms with van der Waals surface area (Å²) < 4.78 is 43.0. The Morgan fingerprint density at radius 2 is 1.77 bits per heavy atom. The molecular formula is C18H15F2NO5. The smallest absolute Gasteiger partial charge is 0.351 e. The Morgan fingerprint density at radius 3 is 2.46 bits per heavy atom. The van der Waals surface area contributed by atoms with Crippen LogP contribution in [-0.2, 0) is 14.3 Å². The molecule has 3 rings (SSSR count). The van der Waals surface area contributed by atoms with Crippen LogP contribution in [0.1, 0.15) is 6.92 Å². The van der Waals surface area contributed by atoms with E-state index in [1.54, 1.807) is 24.3 Å². The monoisotopic (exact) mass is 363 g/mol. The van der Waals surface area contributed by atoms with E-state index < -0.39 is 41.4 Å². The van der Waals surface area contributed by atoms with Crippen molar-refractivity contribution in [3.05, 3.63) is 54.1 Å². The maximum atomic E-state index is 13.6. The molecule has 1 aliphatic rings. The number of hydrogen-bond acceptors (Lipinski definition) is 5. The molecule has 0 saturated heterocycles. The first kappa shape index (κ1) is 17.7. The highest BCUT2D eigenvalue weighted by Gasteiger charge is 2.31. The summed E-state index contributed by atoms with van der Waals surface area (Å²) >= 11 is 0. The highest BCUT2D eigenvalue weighted by atomic mass is 19.1. The Hall–Kier alpha value is -3.16. The largest absolute Gasteiger partial charge is 0.485 e. The molecule has 0 spiro atoms. The van der Waals surface area contributed by atoms with Gasteiger partial charge in [-0.3, -0.25) is 4.79 Å². The van der Waals surface area contributed by atoms with Crippen molar-refractivity contribution in [2.45, 2.75) is 19.1 Å². The minimum atomic E-state index is -1.29. The number of carbonyl (C=O) groups is 2. The van der Waals surface area contributed by atoms with Gasteiger partial charge in [-0.25, -0.2) is 13.6 Å². The quantitative estimate of drug-likeness (QED) is 0.846. The number of ether oxygens (including phenoxy) is 3. The molecule has 0 aromatic heterocycles. The summed E-state index contributed by atoms with van der Waals surface area (Å²) in [5.74, 6) is -2.69. The summed E-state index contributed by atoms with van der Waals surface area (Å²) in [5, 5.41) is 2.06. The molecule has 6 nitrogen and oxygen atoms in total. The normalized spacial score (nSPS) is 16.5. The Bertz CT molecular complexity index is 822. The molecular weight excluding hydrogens is 348 g/mol. The van der Waals surface area contributed by atoms with Gasteiger partial charge in [0.15, 0.2) is 17.6 Å².